The minimum Gasteiger partial charge on any atom is -0.353 e. The summed E-state index contributed by atoms with van der Waals surface area (Å²) in [6.07, 6.45) is 0. The highest BCUT2D eigenvalue weighted by Crippen LogP contribution is 2.02. The Morgan fingerprint density at radius 3 is 3.00 bits per heavy atom. The van der Waals surface area contributed by atoms with Crippen LogP contribution in [-0.2, 0) is 9.59 Å². The average molecular weight is 185 g/mol. The molecule has 1 atom stereocenters. The molecule has 0 aromatic carbocycles. The van der Waals surface area contributed by atoms with Gasteiger partial charge in [-0.1, -0.05) is 6.92 Å². The molecule has 1 rings (SSSR count). The van der Waals surface area contributed by atoms with Crippen LogP contribution in [0, 0.1) is 5.92 Å². The molecule has 5 heteroatoms. The summed E-state index contributed by atoms with van der Waals surface area (Å²) in [5.41, 5.74) is 5.37. The van der Waals surface area contributed by atoms with Gasteiger partial charge in [-0.25, -0.2) is 0 Å². The zero-order valence-electron chi connectivity index (χ0n) is 7.75. The first kappa shape index (κ1) is 9.98. The van der Waals surface area contributed by atoms with Gasteiger partial charge in [0.05, 0.1) is 6.54 Å². The molecular formula is C8H15N3O2. The van der Waals surface area contributed by atoms with Gasteiger partial charge in [-0.2, -0.15) is 0 Å². The second kappa shape index (κ2) is 4.23. The van der Waals surface area contributed by atoms with Crippen LogP contribution in [0.15, 0.2) is 0 Å². The second-order valence-corrected chi connectivity index (χ2v) is 3.25. The molecule has 74 valence electrons. The van der Waals surface area contributed by atoms with Crippen molar-refractivity contribution < 1.29 is 9.59 Å². The fraction of sp³-hybridized carbons (Fsp3) is 0.750. The number of amides is 2. The van der Waals surface area contributed by atoms with Gasteiger partial charge in [0, 0.05) is 25.6 Å². The van der Waals surface area contributed by atoms with Gasteiger partial charge in [0.1, 0.15) is 0 Å². The van der Waals surface area contributed by atoms with Gasteiger partial charge in [0.2, 0.25) is 11.8 Å². The number of piperazine rings is 1. The molecule has 1 fully saturated rings. The summed E-state index contributed by atoms with van der Waals surface area (Å²) in [5.74, 6) is -0.313. The molecule has 0 aromatic rings. The van der Waals surface area contributed by atoms with E-state index < -0.39 is 0 Å². The lowest BCUT2D eigenvalue weighted by Gasteiger charge is -2.28. The molecule has 1 saturated heterocycles. The predicted octanol–water partition coefficient (Wildman–Crippen LogP) is -1.46. The van der Waals surface area contributed by atoms with Gasteiger partial charge < -0.3 is 16.0 Å². The molecule has 0 bridgehead atoms. The highest BCUT2D eigenvalue weighted by molar-refractivity contribution is 5.86. The summed E-state index contributed by atoms with van der Waals surface area (Å²) < 4.78 is 0. The van der Waals surface area contributed by atoms with E-state index >= 15 is 0 Å². The topological polar surface area (TPSA) is 75.4 Å². The van der Waals surface area contributed by atoms with Crippen molar-refractivity contribution in [2.45, 2.75) is 6.92 Å². The lowest BCUT2D eigenvalue weighted by atomic mass is 10.1. The Morgan fingerprint density at radius 2 is 2.46 bits per heavy atom. The van der Waals surface area contributed by atoms with Crippen molar-refractivity contribution in [1.82, 2.24) is 10.2 Å². The average Bonchev–Trinajstić information content (AvgIpc) is 2.15. The molecule has 0 aliphatic carbocycles. The van der Waals surface area contributed by atoms with Crippen LogP contribution in [-0.4, -0.2) is 42.9 Å². The minimum absolute atomic E-state index is 0.0302. The lowest BCUT2D eigenvalue weighted by molar-refractivity contribution is -0.140. The van der Waals surface area contributed by atoms with Crippen molar-refractivity contribution >= 4 is 11.8 Å². The first-order chi connectivity index (χ1) is 6.15. The van der Waals surface area contributed by atoms with Crippen LogP contribution in [0.5, 0.6) is 0 Å². The van der Waals surface area contributed by atoms with Gasteiger partial charge in [-0.3, -0.25) is 9.59 Å². The molecule has 0 spiro atoms. The number of nitrogens with two attached hydrogens (primary N) is 1. The smallest absolute Gasteiger partial charge is 0.239 e. The maximum Gasteiger partial charge on any atom is 0.239 e. The summed E-state index contributed by atoms with van der Waals surface area (Å²) in [4.78, 5) is 24.0. The Labute approximate surface area is 77.3 Å². The Bertz CT molecular complexity index is 217. The zero-order valence-corrected chi connectivity index (χ0v) is 7.75. The van der Waals surface area contributed by atoms with Crippen LogP contribution in [0.1, 0.15) is 6.92 Å². The van der Waals surface area contributed by atoms with E-state index in [9.17, 15) is 9.59 Å². The van der Waals surface area contributed by atoms with E-state index in [4.69, 9.17) is 5.73 Å². The standard InChI is InChI=1S/C8H15N3O2/c1-6(4-9)8(13)11-3-2-10-7(12)5-11/h6H,2-5,9H2,1H3,(H,10,12). The maximum absolute atomic E-state index is 11.5. The van der Waals surface area contributed by atoms with Gasteiger partial charge >= 0.3 is 0 Å². The van der Waals surface area contributed by atoms with Crippen LogP contribution in [0.3, 0.4) is 0 Å². The van der Waals surface area contributed by atoms with E-state index in [1.54, 1.807) is 11.8 Å². The SMILES string of the molecule is CC(CN)C(=O)N1CCNC(=O)C1. The third kappa shape index (κ3) is 2.42. The molecule has 3 N–H and O–H groups in total. The Hall–Kier alpha value is -1.10. The number of nitrogens with zero attached hydrogens (tertiary/aromatic N) is 1. The normalized spacial score (nSPS) is 19.5. The van der Waals surface area contributed by atoms with Crippen LogP contribution < -0.4 is 11.1 Å². The minimum atomic E-state index is -0.189. The van der Waals surface area contributed by atoms with Crippen LogP contribution in [0.2, 0.25) is 0 Å². The van der Waals surface area contributed by atoms with Crippen LogP contribution in [0.25, 0.3) is 0 Å². The van der Waals surface area contributed by atoms with Crippen molar-refractivity contribution in [2.24, 2.45) is 11.7 Å². The van der Waals surface area contributed by atoms with Crippen LogP contribution in [0.4, 0.5) is 0 Å². The molecule has 1 unspecified atom stereocenters. The quantitative estimate of drug-likeness (QED) is 0.552. The van der Waals surface area contributed by atoms with E-state index in [0.717, 1.165) is 0 Å². The van der Waals surface area contributed by atoms with Gasteiger partial charge in [0.15, 0.2) is 0 Å². The summed E-state index contributed by atoms with van der Waals surface area (Å²) in [6.45, 7) is 3.41. The molecule has 1 aliphatic rings. The second-order valence-electron chi connectivity index (χ2n) is 3.25. The van der Waals surface area contributed by atoms with E-state index in [2.05, 4.69) is 5.32 Å². The fourth-order valence-electron chi connectivity index (χ4n) is 1.24. The predicted molar refractivity (Wildman–Crippen MR) is 47.8 cm³/mol. The highest BCUT2D eigenvalue weighted by atomic mass is 16.2. The number of rotatable bonds is 2. The van der Waals surface area contributed by atoms with Crippen LogP contribution >= 0.6 is 0 Å². The molecule has 5 nitrogen and oxygen atoms in total. The largest absolute Gasteiger partial charge is 0.353 e. The van der Waals surface area contributed by atoms with Crippen molar-refractivity contribution in [1.29, 1.82) is 0 Å². The number of carbonyl (C=O) groups excluding carboxylic acids is 2. The highest BCUT2D eigenvalue weighted by Gasteiger charge is 2.24. The molecule has 13 heavy (non-hydrogen) atoms. The van der Waals surface area contributed by atoms with Gasteiger partial charge in [0.25, 0.3) is 0 Å². The van der Waals surface area contributed by atoms with E-state index in [-0.39, 0.29) is 24.3 Å². The third-order valence-corrected chi connectivity index (χ3v) is 2.13. The van der Waals surface area contributed by atoms with E-state index in [0.29, 0.717) is 19.6 Å². The molecule has 0 aromatic heterocycles. The van der Waals surface area contributed by atoms with Crippen molar-refractivity contribution in [2.75, 3.05) is 26.2 Å². The Balaban J connectivity index is 2.50. The Morgan fingerprint density at radius 1 is 1.77 bits per heavy atom. The number of hydrogen-bond acceptors (Lipinski definition) is 3. The van der Waals surface area contributed by atoms with Crippen molar-refractivity contribution in [3.05, 3.63) is 0 Å². The van der Waals surface area contributed by atoms with E-state index in [1.165, 1.54) is 0 Å². The molecule has 1 aliphatic heterocycles. The zero-order chi connectivity index (χ0) is 9.84. The molecule has 1 heterocycles. The molecule has 0 radical (unpaired) electrons. The summed E-state index contributed by atoms with van der Waals surface area (Å²) in [6, 6.07) is 0. The molecule has 2 amide bonds. The first-order valence-corrected chi connectivity index (χ1v) is 4.40. The fourth-order valence-corrected chi connectivity index (χ4v) is 1.24. The summed E-state index contributed by atoms with van der Waals surface area (Å²) in [5, 5.41) is 2.66. The van der Waals surface area contributed by atoms with Crippen molar-refractivity contribution in [3.8, 4) is 0 Å². The summed E-state index contributed by atoms with van der Waals surface area (Å²) >= 11 is 0. The monoisotopic (exact) mass is 185 g/mol. The summed E-state index contributed by atoms with van der Waals surface area (Å²) in [7, 11) is 0. The number of hydrogen-bond donors (Lipinski definition) is 2. The first-order valence-electron chi connectivity index (χ1n) is 4.40. The lowest BCUT2D eigenvalue weighted by Crippen LogP contribution is -2.51. The third-order valence-electron chi connectivity index (χ3n) is 2.13. The number of carbonyl (C=O) groups is 2. The molecule has 0 saturated carbocycles. The van der Waals surface area contributed by atoms with Gasteiger partial charge in [-0.05, 0) is 0 Å². The molecular weight excluding hydrogens is 170 g/mol. The Kier molecular flexibility index (Phi) is 3.25. The van der Waals surface area contributed by atoms with Gasteiger partial charge in [-0.15, -0.1) is 0 Å². The maximum atomic E-state index is 11.5. The van der Waals surface area contributed by atoms with Crippen molar-refractivity contribution in [3.63, 3.8) is 0 Å². The number of nitrogens with one attached hydrogen (secondary N) is 1. The van der Waals surface area contributed by atoms with E-state index in [1.807, 2.05) is 0 Å².